The van der Waals surface area contributed by atoms with E-state index in [0.29, 0.717) is 16.6 Å². The molecule has 3 aromatic carbocycles. The minimum Gasteiger partial charge on any atom is -0.347 e. The van der Waals surface area contributed by atoms with Crippen LogP contribution in [-0.4, -0.2) is 48.3 Å². The zero-order valence-corrected chi connectivity index (χ0v) is 24.0. The first-order chi connectivity index (χ1) is 18.7. The highest BCUT2D eigenvalue weighted by atomic mass is 35.5. The van der Waals surface area contributed by atoms with Crippen LogP contribution in [-0.2, 0) is 27.1 Å². The molecular weight excluding hydrogens is 529 g/mol. The van der Waals surface area contributed by atoms with Gasteiger partial charge in [-0.05, 0) is 60.1 Å². The molecule has 1 saturated heterocycles. The summed E-state index contributed by atoms with van der Waals surface area (Å²) in [5.41, 5.74) is 2.17. The maximum atomic E-state index is 14.1. The van der Waals surface area contributed by atoms with E-state index in [-0.39, 0.29) is 23.3 Å². The van der Waals surface area contributed by atoms with E-state index in [1.807, 2.05) is 78.7 Å². The molecule has 0 aromatic heterocycles. The smallest absolute Gasteiger partial charge is 0.233 e. The van der Waals surface area contributed by atoms with E-state index in [9.17, 15) is 9.59 Å². The highest BCUT2D eigenvalue weighted by molar-refractivity contribution is 6.31. The Balaban J connectivity index is 1.32. The number of amides is 2. The second-order valence-electron chi connectivity index (χ2n) is 11.1. The molecule has 2 atom stereocenters. The van der Waals surface area contributed by atoms with E-state index >= 15 is 0 Å². The zero-order chi connectivity index (χ0) is 27.6. The molecule has 2 aliphatic rings. The molecule has 1 aliphatic heterocycles. The van der Waals surface area contributed by atoms with Crippen molar-refractivity contribution in [2.75, 3.05) is 26.7 Å². The lowest BCUT2D eigenvalue weighted by Gasteiger charge is -2.43. The van der Waals surface area contributed by atoms with Crippen molar-refractivity contribution in [2.45, 2.75) is 43.7 Å². The Hall–Kier alpha value is -2.86. The lowest BCUT2D eigenvalue weighted by molar-refractivity contribution is -0.133. The number of rotatable bonds is 8. The van der Waals surface area contributed by atoms with Gasteiger partial charge >= 0.3 is 0 Å². The molecule has 0 radical (unpaired) electrons. The SMILES string of the molecule is CC(=O)NC1(c2ccccc2)CCN(CC2CC2(C(=O)N(C)Cc2ccccc2Cl)c2ccc(Cl)cc2)CC1. The highest BCUT2D eigenvalue weighted by Crippen LogP contribution is 2.56. The van der Waals surface area contributed by atoms with Gasteiger partial charge in [-0.2, -0.15) is 0 Å². The van der Waals surface area contributed by atoms with Gasteiger partial charge < -0.3 is 15.1 Å². The molecule has 0 spiro atoms. The van der Waals surface area contributed by atoms with Crippen molar-refractivity contribution in [3.05, 3.63) is 106 Å². The fourth-order valence-electron chi connectivity index (χ4n) is 6.34. The number of likely N-dealkylation sites (N-methyl/N-ethyl adjacent to an activating group) is 1. The standard InChI is InChI=1S/C32H35Cl2N3O2/c1-23(38)35-31(25-9-4-3-5-10-25)16-18-37(19-17-31)22-27-20-32(27,26-12-14-28(33)15-13-26)30(39)36(2)21-24-8-6-7-11-29(24)34/h3-15,27H,16-22H2,1-2H3,(H,35,38). The minimum atomic E-state index is -0.577. The number of nitrogens with one attached hydrogen (secondary N) is 1. The Kier molecular flexibility index (Phi) is 8.04. The molecule has 39 heavy (non-hydrogen) atoms. The Morgan fingerprint density at radius 2 is 1.56 bits per heavy atom. The van der Waals surface area contributed by atoms with Gasteiger partial charge in [-0.3, -0.25) is 9.59 Å². The van der Waals surface area contributed by atoms with Gasteiger partial charge in [0.25, 0.3) is 0 Å². The maximum Gasteiger partial charge on any atom is 0.233 e. The summed E-state index contributed by atoms with van der Waals surface area (Å²) in [6.07, 6.45) is 2.46. The summed E-state index contributed by atoms with van der Waals surface area (Å²) in [5, 5.41) is 4.59. The summed E-state index contributed by atoms with van der Waals surface area (Å²) in [7, 11) is 1.86. The van der Waals surface area contributed by atoms with E-state index in [1.165, 1.54) is 0 Å². The third-order valence-electron chi connectivity index (χ3n) is 8.49. The van der Waals surface area contributed by atoms with Crippen molar-refractivity contribution in [3.8, 4) is 0 Å². The Morgan fingerprint density at radius 1 is 0.923 bits per heavy atom. The zero-order valence-electron chi connectivity index (χ0n) is 22.5. The van der Waals surface area contributed by atoms with Crippen LogP contribution in [0, 0.1) is 5.92 Å². The Labute approximate surface area is 241 Å². The molecule has 1 heterocycles. The predicted molar refractivity (Wildman–Crippen MR) is 157 cm³/mol. The number of likely N-dealkylation sites (tertiary alicyclic amines) is 1. The van der Waals surface area contributed by atoms with Crippen LogP contribution in [0.2, 0.25) is 10.0 Å². The molecule has 3 aromatic rings. The molecule has 2 amide bonds. The van der Waals surface area contributed by atoms with Gasteiger partial charge in [0.1, 0.15) is 0 Å². The minimum absolute atomic E-state index is 0.0107. The van der Waals surface area contributed by atoms with E-state index < -0.39 is 5.41 Å². The number of halogens is 2. The Morgan fingerprint density at radius 3 is 2.21 bits per heavy atom. The first-order valence-electron chi connectivity index (χ1n) is 13.6. The van der Waals surface area contributed by atoms with Crippen molar-refractivity contribution in [2.24, 2.45) is 5.92 Å². The van der Waals surface area contributed by atoms with E-state index in [2.05, 4.69) is 22.3 Å². The van der Waals surface area contributed by atoms with Crippen molar-refractivity contribution in [3.63, 3.8) is 0 Å². The van der Waals surface area contributed by atoms with Crippen LogP contribution in [0.3, 0.4) is 0 Å². The molecule has 2 unspecified atom stereocenters. The van der Waals surface area contributed by atoms with Gasteiger partial charge in [0.2, 0.25) is 11.8 Å². The lowest BCUT2D eigenvalue weighted by atomic mass is 9.80. The fraction of sp³-hybridized carbons (Fsp3) is 0.375. The van der Waals surface area contributed by atoms with Gasteiger partial charge in [-0.1, -0.05) is 83.9 Å². The molecule has 0 bridgehead atoms. The third kappa shape index (κ3) is 5.72. The number of nitrogens with zero attached hydrogens (tertiary/aromatic N) is 2. The topological polar surface area (TPSA) is 52.7 Å². The normalized spacial score (nSPS) is 22.2. The van der Waals surface area contributed by atoms with E-state index in [4.69, 9.17) is 23.2 Å². The van der Waals surface area contributed by atoms with Crippen LogP contribution in [0.5, 0.6) is 0 Å². The summed E-state index contributed by atoms with van der Waals surface area (Å²) < 4.78 is 0. The molecule has 2 fully saturated rings. The second-order valence-corrected chi connectivity index (χ2v) is 11.9. The van der Waals surface area contributed by atoms with Crippen LogP contribution < -0.4 is 5.32 Å². The number of hydrogen-bond acceptors (Lipinski definition) is 3. The fourth-order valence-corrected chi connectivity index (χ4v) is 6.66. The lowest BCUT2D eigenvalue weighted by Crippen LogP contribution is -2.53. The van der Waals surface area contributed by atoms with Crippen LogP contribution in [0.15, 0.2) is 78.9 Å². The van der Waals surface area contributed by atoms with Crippen molar-refractivity contribution < 1.29 is 9.59 Å². The van der Waals surface area contributed by atoms with Crippen LogP contribution in [0.1, 0.15) is 42.9 Å². The van der Waals surface area contributed by atoms with Crippen LogP contribution >= 0.6 is 23.2 Å². The van der Waals surface area contributed by atoms with E-state index in [0.717, 1.165) is 55.6 Å². The van der Waals surface area contributed by atoms with Gasteiger partial charge in [0.15, 0.2) is 0 Å². The molecule has 5 rings (SSSR count). The van der Waals surface area contributed by atoms with Gasteiger partial charge in [0.05, 0.1) is 11.0 Å². The van der Waals surface area contributed by atoms with Crippen molar-refractivity contribution in [1.82, 2.24) is 15.1 Å². The highest BCUT2D eigenvalue weighted by Gasteiger charge is 2.62. The molecular formula is C32H35Cl2N3O2. The largest absolute Gasteiger partial charge is 0.347 e. The average Bonchev–Trinajstić information content (AvgIpc) is 3.65. The number of carbonyl (C=O) groups is 2. The molecule has 1 saturated carbocycles. The number of carbonyl (C=O) groups excluding carboxylic acids is 2. The summed E-state index contributed by atoms with van der Waals surface area (Å²) in [5.74, 6) is 0.303. The van der Waals surface area contributed by atoms with Crippen molar-refractivity contribution in [1.29, 1.82) is 0 Å². The number of hydrogen-bond donors (Lipinski definition) is 1. The van der Waals surface area contributed by atoms with Gasteiger partial charge in [-0.25, -0.2) is 0 Å². The number of piperidine rings is 1. The van der Waals surface area contributed by atoms with Gasteiger partial charge in [0, 0.05) is 50.2 Å². The van der Waals surface area contributed by atoms with Crippen LogP contribution in [0.4, 0.5) is 0 Å². The predicted octanol–water partition coefficient (Wildman–Crippen LogP) is 6.04. The second kappa shape index (κ2) is 11.3. The Bertz CT molecular complexity index is 1320. The van der Waals surface area contributed by atoms with Gasteiger partial charge in [-0.15, -0.1) is 0 Å². The molecule has 7 heteroatoms. The van der Waals surface area contributed by atoms with Crippen molar-refractivity contribution >= 4 is 35.0 Å². The van der Waals surface area contributed by atoms with Crippen LogP contribution in [0.25, 0.3) is 0 Å². The summed E-state index contributed by atoms with van der Waals surface area (Å²) >= 11 is 12.6. The average molecular weight is 565 g/mol. The molecule has 1 aliphatic carbocycles. The molecule has 5 nitrogen and oxygen atoms in total. The summed E-state index contributed by atoms with van der Waals surface area (Å²) in [6.45, 7) is 4.59. The monoisotopic (exact) mass is 563 g/mol. The number of benzene rings is 3. The quantitative estimate of drug-likeness (QED) is 0.363. The molecule has 1 N–H and O–H groups in total. The summed E-state index contributed by atoms with van der Waals surface area (Å²) in [6, 6.07) is 25.7. The molecule has 204 valence electrons. The van der Waals surface area contributed by atoms with E-state index in [1.54, 1.807) is 6.92 Å². The third-order valence-corrected chi connectivity index (χ3v) is 9.11. The first kappa shape index (κ1) is 27.7. The first-order valence-corrected chi connectivity index (χ1v) is 14.3. The summed E-state index contributed by atoms with van der Waals surface area (Å²) in [4.78, 5) is 30.5. The maximum absolute atomic E-state index is 14.1.